The lowest BCUT2D eigenvalue weighted by Crippen LogP contribution is -2.64. The third-order valence-corrected chi connectivity index (χ3v) is 6.96. The number of benzene rings is 1. The topological polar surface area (TPSA) is 59.0 Å². The largest absolute Gasteiger partial charge is 0.393 e. The van der Waals surface area contributed by atoms with Crippen LogP contribution in [0.2, 0.25) is 0 Å². The molecule has 3 saturated carbocycles. The van der Waals surface area contributed by atoms with Crippen LogP contribution in [-0.2, 0) is 14.3 Å². The average molecular weight is 343 g/mol. The highest BCUT2D eigenvalue weighted by molar-refractivity contribution is 6.01. The van der Waals surface area contributed by atoms with E-state index < -0.39 is 17.3 Å². The summed E-state index contributed by atoms with van der Waals surface area (Å²) in [6.07, 6.45) is 0.541. The zero-order chi connectivity index (χ0) is 17.6. The van der Waals surface area contributed by atoms with E-state index in [1.807, 2.05) is 56.0 Å². The first-order valence-electron chi connectivity index (χ1n) is 9.31. The number of para-hydroxylation sites is 1. The Morgan fingerprint density at radius 3 is 2.68 bits per heavy atom. The van der Waals surface area contributed by atoms with Gasteiger partial charge in [0.25, 0.3) is 0 Å². The molecule has 0 radical (unpaired) electrons. The highest BCUT2D eigenvalue weighted by Crippen LogP contribution is 2.70. The van der Waals surface area contributed by atoms with Crippen molar-refractivity contribution >= 4 is 11.6 Å². The summed E-state index contributed by atoms with van der Waals surface area (Å²) in [4.78, 5) is 15.3. The van der Waals surface area contributed by atoms with E-state index in [1.54, 1.807) is 0 Å². The van der Waals surface area contributed by atoms with Crippen LogP contribution in [0.4, 0.5) is 5.69 Å². The maximum absolute atomic E-state index is 13.5. The summed E-state index contributed by atoms with van der Waals surface area (Å²) >= 11 is 0. The zero-order valence-corrected chi connectivity index (χ0v) is 14.9. The lowest BCUT2D eigenvalue weighted by atomic mass is 9.50. The monoisotopic (exact) mass is 343 g/mol. The van der Waals surface area contributed by atoms with Gasteiger partial charge in [-0.15, -0.1) is 0 Å². The quantitative estimate of drug-likeness (QED) is 0.916. The summed E-state index contributed by atoms with van der Waals surface area (Å²) in [5.41, 5.74) is 0.283. The van der Waals surface area contributed by atoms with Gasteiger partial charge in [0.2, 0.25) is 5.91 Å². The minimum atomic E-state index is -0.666. The van der Waals surface area contributed by atoms with Gasteiger partial charge in [0.1, 0.15) is 6.23 Å². The molecule has 5 fully saturated rings. The normalized spacial score (nSPS) is 47.2. The lowest BCUT2D eigenvalue weighted by molar-refractivity contribution is -0.305. The fourth-order valence-corrected chi connectivity index (χ4v) is 6.11. The SMILES string of the molecule is CC(C)O[C@]12C[C@@H]3[C@H](O)C[C@H]1[C@@H]1[C@H](O2)N(c2ccccc2)C(=O)[C@@]13C. The Morgan fingerprint density at radius 2 is 2.00 bits per heavy atom. The molecule has 134 valence electrons. The van der Waals surface area contributed by atoms with Crippen molar-refractivity contribution in [2.75, 3.05) is 4.90 Å². The van der Waals surface area contributed by atoms with Crippen molar-refractivity contribution in [3.63, 3.8) is 0 Å². The van der Waals surface area contributed by atoms with Crippen LogP contribution in [-0.4, -0.2) is 35.2 Å². The number of aliphatic hydroxyl groups is 1. The van der Waals surface area contributed by atoms with E-state index >= 15 is 0 Å². The number of nitrogens with zero attached hydrogens (tertiary/aromatic N) is 1. The molecular weight excluding hydrogens is 318 g/mol. The molecule has 1 aromatic rings. The van der Waals surface area contributed by atoms with Crippen LogP contribution in [0.1, 0.15) is 33.6 Å². The lowest BCUT2D eigenvalue weighted by Gasteiger charge is -2.56. The van der Waals surface area contributed by atoms with Gasteiger partial charge in [0, 0.05) is 29.9 Å². The van der Waals surface area contributed by atoms with Gasteiger partial charge in [-0.25, -0.2) is 0 Å². The zero-order valence-electron chi connectivity index (χ0n) is 14.9. The highest BCUT2D eigenvalue weighted by Gasteiger charge is 2.79. The summed E-state index contributed by atoms with van der Waals surface area (Å²) in [5, 5.41) is 10.7. The number of anilines is 1. The Hall–Kier alpha value is -1.43. The molecule has 3 aliphatic carbocycles. The molecule has 2 aliphatic heterocycles. The summed E-state index contributed by atoms with van der Waals surface area (Å²) in [6.45, 7) is 6.07. The van der Waals surface area contributed by atoms with Gasteiger partial charge in [-0.05, 0) is 39.3 Å². The molecule has 5 nitrogen and oxygen atoms in total. The predicted octanol–water partition coefficient (Wildman–Crippen LogP) is 2.53. The number of hydrogen-bond acceptors (Lipinski definition) is 4. The molecule has 5 aliphatic rings. The molecule has 0 spiro atoms. The summed E-state index contributed by atoms with van der Waals surface area (Å²) in [5.74, 6) is -0.572. The van der Waals surface area contributed by atoms with Crippen molar-refractivity contribution in [2.45, 2.75) is 57.8 Å². The van der Waals surface area contributed by atoms with Crippen molar-refractivity contribution in [1.29, 1.82) is 0 Å². The number of carbonyl (C=O) groups is 1. The molecule has 2 saturated heterocycles. The van der Waals surface area contributed by atoms with Gasteiger partial charge in [-0.1, -0.05) is 18.2 Å². The van der Waals surface area contributed by atoms with Crippen molar-refractivity contribution in [3.8, 4) is 0 Å². The first-order chi connectivity index (χ1) is 11.9. The van der Waals surface area contributed by atoms with Crippen molar-refractivity contribution in [2.24, 2.45) is 23.2 Å². The van der Waals surface area contributed by atoms with Crippen molar-refractivity contribution in [3.05, 3.63) is 30.3 Å². The number of ether oxygens (including phenoxy) is 2. The van der Waals surface area contributed by atoms with Gasteiger partial charge < -0.3 is 14.6 Å². The molecule has 25 heavy (non-hydrogen) atoms. The molecule has 0 aromatic heterocycles. The number of hydrogen-bond donors (Lipinski definition) is 1. The van der Waals surface area contributed by atoms with E-state index in [0.29, 0.717) is 12.8 Å². The molecule has 5 heteroatoms. The van der Waals surface area contributed by atoms with Crippen LogP contribution in [0, 0.1) is 23.2 Å². The molecule has 1 aromatic carbocycles. The standard InChI is InChI=1S/C20H25NO4/c1-11(2)24-20-10-14-15(22)9-13(20)16-17(25-20)21(18(23)19(14,16)3)12-7-5-4-6-8-12/h4-8,11,13-17,22H,9-10H2,1-3H3/t13-,14+,15+,16+,17-,19+,20-/m0/s1. The Morgan fingerprint density at radius 1 is 1.28 bits per heavy atom. The smallest absolute Gasteiger partial charge is 0.235 e. The van der Waals surface area contributed by atoms with Crippen molar-refractivity contribution < 1.29 is 19.4 Å². The van der Waals surface area contributed by atoms with E-state index in [-0.39, 0.29) is 36.0 Å². The molecule has 1 N–H and O–H groups in total. The van der Waals surface area contributed by atoms with Gasteiger partial charge in [0.05, 0.1) is 17.6 Å². The average Bonchev–Trinajstić information content (AvgIpc) is 2.94. The molecular formula is C20H25NO4. The Kier molecular flexibility index (Phi) is 3.06. The maximum atomic E-state index is 13.5. The van der Waals surface area contributed by atoms with Gasteiger partial charge >= 0.3 is 0 Å². The van der Waals surface area contributed by atoms with Crippen LogP contribution in [0.5, 0.6) is 0 Å². The predicted molar refractivity (Wildman–Crippen MR) is 91.6 cm³/mol. The molecule has 1 amide bonds. The second-order valence-electron chi connectivity index (χ2n) is 8.53. The van der Waals surface area contributed by atoms with Crippen LogP contribution in [0.15, 0.2) is 30.3 Å². The Labute approximate surface area is 147 Å². The molecule has 6 rings (SSSR count). The first kappa shape index (κ1) is 15.8. The molecule has 2 heterocycles. The summed E-state index contributed by atoms with van der Waals surface area (Å²) in [6, 6.07) is 9.73. The van der Waals surface area contributed by atoms with Gasteiger partial charge in [0.15, 0.2) is 5.79 Å². The first-order valence-corrected chi connectivity index (χ1v) is 9.31. The second-order valence-corrected chi connectivity index (χ2v) is 8.53. The minimum Gasteiger partial charge on any atom is -0.393 e. The summed E-state index contributed by atoms with van der Waals surface area (Å²) in [7, 11) is 0. The van der Waals surface area contributed by atoms with E-state index in [2.05, 4.69) is 0 Å². The van der Waals surface area contributed by atoms with Gasteiger partial charge in [-0.2, -0.15) is 0 Å². The van der Waals surface area contributed by atoms with Crippen LogP contribution in [0.3, 0.4) is 0 Å². The van der Waals surface area contributed by atoms with Crippen LogP contribution >= 0.6 is 0 Å². The van der Waals surface area contributed by atoms with Gasteiger partial charge in [-0.3, -0.25) is 9.69 Å². The minimum absolute atomic E-state index is 0.0439. The molecule has 0 unspecified atom stereocenters. The van der Waals surface area contributed by atoms with Crippen molar-refractivity contribution in [1.82, 2.24) is 0 Å². The number of fused-ring (bicyclic) bond motifs is 1. The number of aliphatic hydroxyl groups excluding tert-OH is 1. The van der Waals surface area contributed by atoms with E-state index in [1.165, 1.54) is 0 Å². The summed E-state index contributed by atoms with van der Waals surface area (Å²) < 4.78 is 12.8. The second kappa shape index (κ2) is 4.84. The third kappa shape index (κ3) is 1.76. The fourth-order valence-electron chi connectivity index (χ4n) is 6.11. The molecule has 7 atom stereocenters. The fraction of sp³-hybridized carbons (Fsp3) is 0.650. The third-order valence-electron chi connectivity index (χ3n) is 6.96. The number of rotatable bonds is 3. The Bertz CT molecular complexity index is 722. The highest BCUT2D eigenvalue weighted by atomic mass is 16.7. The van der Waals surface area contributed by atoms with E-state index in [0.717, 1.165) is 5.69 Å². The number of amides is 1. The van der Waals surface area contributed by atoms with Crippen LogP contribution in [0.25, 0.3) is 0 Å². The molecule has 4 bridgehead atoms. The van der Waals surface area contributed by atoms with Crippen LogP contribution < -0.4 is 4.90 Å². The maximum Gasteiger partial charge on any atom is 0.235 e. The number of carbonyl (C=O) groups excluding carboxylic acids is 1. The Balaban J connectivity index is 1.64. The van der Waals surface area contributed by atoms with E-state index in [9.17, 15) is 9.90 Å². The van der Waals surface area contributed by atoms with E-state index in [4.69, 9.17) is 9.47 Å².